The van der Waals surface area contributed by atoms with Gasteiger partial charge in [-0.25, -0.2) is 9.97 Å². The summed E-state index contributed by atoms with van der Waals surface area (Å²) >= 11 is 0. The summed E-state index contributed by atoms with van der Waals surface area (Å²) in [5.74, 6) is 2.60. The molecule has 0 radical (unpaired) electrons. The van der Waals surface area contributed by atoms with Crippen molar-refractivity contribution in [1.82, 2.24) is 15.3 Å². The lowest BCUT2D eigenvalue weighted by Crippen LogP contribution is -2.13. The Balaban J connectivity index is 1.75. The first-order valence-electron chi connectivity index (χ1n) is 6.39. The van der Waals surface area contributed by atoms with Crippen molar-refractivity contribution in [2.45, 2.75) is 19.8 Å². The smallest absolute Gasteiger partial charge is 0.131 e. The van der Waals surface area contributed by atoms with E-state index in [2.05, 4.69) is 32.8 Å². The summed E-state index contributed by atoms with van der Waals surface area (Å²) < 4.78 is 0. The van der Waals surface area contributed by atoms with E-state index in [-0.39, 0.29) is 0 Å². The number of rotatable bonds is 6. The molecule has 5 nitrogen and oxygen atoms in total. The van der Waals surface area contributed by atoms with Crippen LogP contribution in [0.15, 0.2) is 12.4 Å². The van der Waals surface area contributed by atoms with Crippen molar-refractivity contribution in [3.8, 4) is 0 Å². The van der Waals surface area contributed by atoms with Crippen LogP contribution in [0.2, 0.25) is 0 Å². The highest BCUT2D eigenvalue weighted by atomic mass is 15.1. The molecule has 94 valence electrons. The summed E-state index contributed by atoms with van der Waals surface area (Å²) in [4.78, 5) is 8.35. The SMILES string of the molecule is CCNc1cc(NCCC2CCNC2)ncn1. The third-order valence-corrected chi connectivity index (χ3v) is 3.05. The molecule has 1 saturated heterocycles. The van der Waals surface area contributed by atoms with E-state index in [9.17, 15) is 0 Å². The van der Waals surface area contributed by atoms with E-state index in [0.717, 1.165) is 37.2 Å². The predicted molar refractivity (Wildman–Crippen MR) is 70.3 cm³/mol. The van der Waals surface area contributed by atoms with Crippen molar-refractivity contribution in [3.05, 3.63) is 12.4 Å². The zero-order valence-corrected chi connectivity index (χ0v) is 10.4. The van der Waals surface area contributed by atoms with Crippen LogP contribution in [0.4, 0.5) is 11.6 Å². The van der Waals surface area contributed by atoms with Crippen molar-refractivity contribution in [1.29, 1.82) is 0 Å². The van der Waals surface area contributed by atoms with Crippen LogP contribution in [0.25, 0.3) is 0 Å². The zero-order valence-electron chi connectivity index (χ0n) is 10.4. The van der Waals surface area contributed by atoms with Crippen LogP contribution < -0.4 is 16.0 Å². The maximum absolute atomic E-state index is 4.21. The lowest BCUT2D eigenvalue weighted by molar-refractivity contribution is 0.549. The highest BCUT2D eigenvalue weighted by molar-refractivity contribution is 5.46. The van der Waals surface area contributed by atoms with E-state index < -0.39 is 0 Å². The number of nitrogens with one attached hydrogen (secondary N) is 3. The van der Waals surface area contributed by atoms with Crippen LogP contribution >= 0.6 is 0 Å². The second kappa shape index (κ2) is 6.39. The summed E-state index contributed by atoms with van der Waals surface area (Å²) in [6, 6.07) is 1.95. The molecule has 5 heteroatoms. The number of hydrogen-bond donors (Lipinski definition) is 3. The van der Waals surface area contributed by atoms with Crippen LogP contribution in [0.5, 0.6) is 0 Å². The largest absolute Gasteiger partial charge is 0.370 e. The van der Waals surface area contributed by atoms with Crippen LogP contribution in [-0.2, 0) is 0 Å². The van der Waals surface area contributed by atoms with Crippen LogP contribution in [0, 0.1) is 5.92 Å². The molecular weight excluding hydrogens is 214 g/mol. The Morgan fingerprint density at radius 2 is 2.18 bits per heavy atom. The van der Waals surface area contributed by atoms with Crippen molar-refractivity contribution in [2.24, 2.45) is 5.92 Å². The maximum atomic E-state index is 4.21. The molecule has 2 rings (SSSR count). The van der Waals surface area contributed by atoms with Crippen LogP contribution in [0.1, 0.15) is 19.8 Å². The molecule has 0 spiro atoms. The minimum absolute atomic E-state index is 0.817. The molecule has 0 aliphatic carbocycles. The Hall–Kier alpha value is -1.36. The molecular formula is C12H21N5. The lowest BCUT2D eigenvalue weighted by atomic mass is 10.1. The quantitative estimate of drug-likeness (QED) is 0.694. The van der Waals surface area contributed by atoms with Gasteiger partial charge in [-0.1, -0.05) is 0 Å². The van der Waals surface area contributed by atoms with E-state index in [1.165, 1.54) is 19.4 Å². The Bertz CT molecular complexity index is 335. The van der Waals surface area contributed by atoms with Crippen molar-refractivity contribution < 1.29 is 0 Å². The second-order valence-electron chi connectivity index (χ2n) is 4.39. The minimum Gasteiger partial charge on any atom is -0.370 e. The van der Waals surface area contributed by atoms with Crippen molar-refractivity contribution in [3.63, 3.8) is 0 Å². The highest BCUT2D eigenvalue weighted by Gasteiger charge is 2.13. The van der Waals surface area contributed by atoms with Gasteiger partial charge in [0.15, 0.2) is 0 Å². The molecule has 0 amide bonds. The van der Waals surface area contributed by atoms with Gasteiger partial charge in [0.05, 0.1) is 0 Å². The summed E-state index contributed by atoms with van der Waals surface area (Å²) in [6.07, 6.45) is 4.10. The predicted octanol–water partition coefficient (Wildman–Crippen LogP) is 1.32. The van der Waals surface area contributed by atoms with E-state index >= 15 is 0 Å². The normalized spacial score (nSPS) is 19.2. The molecule has 1 aromatic rings. The van der Waals surface area contributed by atoms with Gasteiger partial charge in [-0.15, -0.1) is 0 Å². The molecule has 3 N–H and O–H groups in total. The van der Waals surface area contributed by atoms with Crippen molar-refractivity contribution >= 4 is 11.6 Å². The van der Waals surface area contributed by atoms with Gasteiger partial charge in [0.1, 0.15) is 18.0 Å². The van der Waals surface area contributed by atoms with Crippen molar-refractivity contribution in [2.75, 3.05) is 36.8 Å². The van der Waals surface area contributed by atoms with E-state index in [4.69, 9.17) is 0 Å². The Morgan fingerprint density at radius 1 is 1.35 bits per heavy atom. The molecule has 2 heterocycles. The van der Waals surface area contributed by atoms with Gasteiger partial charge >= 0.3 is 0 Å². The third kappa shape index (κ3) is 3.85. The molecule has 1 fully saturated rings. The van der Waals surface area contributed by atoms with Gasteiger partial charge in [-0.05, 0) is 38.8 Å². The zero-order chi connectivity index (χ0) is 11.9. The number of nitrogens with zero attached hydrogens (tertiary/aromatic N) is 2. The molecule has 17 heavy (non-hydrogen) atoms. The highest BCUT2D eigenvalue weighted by Crippen LogP contribution is 2.13. The third-order valence-electron chi connectivity index (χ3n) is 3.05. The topological polar surface area (TPSA) is 61.9 Å². The Kier molecular flexibility index (Phi) is 4.55. The number of anilines is 2. The van der Waals surface area contributed by atoms with Crippen LogP contribution in [-0.4, -0.2) is 36.1 Å². The Labute approximate surface area is 102 Å². The van der Waals surface area contributed by atoms with Gasteiger partial charge in [-0.3, -0.25) is 0 Å². The molecule has 0 saturated carbocycles. The molecule has 1 aliphatic heterocycles. The van der Waals surface area contributed by atoms with Gasteiger partial charge in [0.25, 0.3) is 0 Å². The molecule has 0 aromatic carbocycles. The first kappa shape index (κ1) is 12.1. The molecule has 1 atom stereocenters. The summed E-state index contributed by atoms with van der Waals surface area (Å²) in [6.45, 7) is 6.25. The van der Waals surface area contributed by atoms with E-state index in [1.807, 2.05) is 6.07 Å². The van der Waals surface area contributed by atoms with Gasteiger partial charge < -0.3 is 16.0 Å². The first-order chi connectivity index (χ1) is 8.38. The summed E-state index contributed by atoms with van der Waals surface area (Å²) in [5.41, 5.74) is 0. The Morgan fingerprint density at radius 3 is 2.88 bits per heavy atom. The first-order valence-corrected chi connectivity index (χ1v) is 6.39. The average molecular weight is 235 g/mol. The van der Waals surface area contributed by atoms with Crippen LogP contribution in [0.3, 0.4) is 0 Å². The molecule has 1 unspecified atom stereocenters. The number of aromatic nitrogens is 2. The minimum atomic E-state index is 0.817. The maximum Gasteiger partial charge on any atom is 0.131 e. The molecule has 1 aromatic heterocycles. The standard InChI is InChI=1S/C12H21N5/c1-2-14-11-7-12(17-9-16-11)15-6-4-10-3-5-13-8-10/h7,9-10,13H,2-6,8H2,1H3,(H2,14,15,16,17). The van der Waals surface area contributed by atoms with E-state index in [1.54, 1.807) is 6.33 Å². The second-order valence-corrected chi connectivity index (χ2v) is 4.39. The van der Waals surface area contributed by atoms with Gasteiger partial charge in [0.2, 0.25) is 0 Å². The fourth-order valence-electron chi connectivity index (χ4n) is 2.10. The monoisotopic (exact) mass is 235 g/mol. The summed E-state index contributed by atoms with van der Waals surface area (Å²) in [7, 11) is 0. The molecule has 1 aliphatic rings. The van der Waals surface area contributed by atoms with Gasteiger partial charge in [-0.2, -0.15) is 0 Å². The van der Waals surface area contributed by atoms with E-state index in [0.29, 0.717) is 0 Å². The average Bonchev–Trinajstić information content (AvgIpc) is 2.83. The molecule has 0 bridgehead atoms. The fraction of sp³-hybridized carbons (Fsp3) is 0.667. The van der Waals surface area contributed by atoms with Gasteiger partial charge in [0, 0.05) is 19.2 Å². The number of hydrogen-bond acceptors (Lipinski definition) is 5. The fourth-order valence-corrected chi connectivity index (χ4v) is 2.10. The summed E-state index contributed by atoms with van der Waals surface area (Å²) in [5, 5.41) is 9.91. The lowest BCUT2D eigenvalue weighted by Gasteiger charge is -2.10.